The highest BCUT2D eigenvalue weighted by atomic mass is 16.7. The molecular formula is C30H44N4O. The molecule has 1 heterocycles. The normalized spacial score (nSPS) is 26.7. The number of benzene rings is 2. The van der Waals surface area contributed by atoms with Crippen molar-refractivity contribution in [3.63, 3.8) is 0 Å². The first-order valence-corrected chi connectivity index (χ1v) is 14.1. The predicted octanol–water partition coefficient (Wildman–Crippen LogP) is 5.20. The lowest BCUT2D eigenvalue weighted by Crippen LogP contribution is -2.74. The number of hydrogen-bond acceptors (Lipinski definition) is 5. The average Bonchev–Trinajstić information content (AvgIpc) is 2.94. The Labute approximate surface area is 211 Å². The zero-order valence-electron chi connectivity index (χ0n) is 21.2. The summed E-state index contributed by atoms with van der Waals surface area (Å²) >= 11 is 0. The second-order valence-electron chi connectivity index (χ2n) is 10.9. The summed E-state index contributed by atoms with van der Waals surface area (Å²) in [7, 11) is 0. The van der Waals surface area contributed by atoms with E-state index in [1.54, 1.807) is 0 Å². The molecule has 5 rings (SSSR count). The Morgan fingerprint density at radius 2 is 1.34 bits per heavy atom. The summed E-state index contributed by atoms with van der Waals surface area (Å²) in [5, 5.41) is 11.7. The van der Waals surface area contributed by atoms with Crippen molar-refractivity contribution in [2.45, 2.75) is 101 Å². The van der Waals surface area contributed by atoms with Crippen LogP contribution in [0, 0.1) is 0 Å². The zero-order chi connectivity index (χ0) is 23.8. The minimum Gasteiger partial charge on any atom is -0.311 e. The Balaban J connectivity index is 1.30. The van der Waals surface area contributed by atoms with Gasteiger partial charge in [-0.05, 0) is 36.8 Å². The molecule has 2 aliphatic carbocycles. The van der Waals surface area contributed by atoms with Crippen molar-refractivity contribution in [1.29, 1.82) is 0 Å². The maximum absolute atomic E-state index is 6.36. The Morgan fingerprint density at radius 1 is 0.771 bits per heavy atom. The molecule has 0 aromatic heterocycles. The first kappa shape index (κ1) is 24.9. The highest BCUT2D eigenvalue weighted by molar-refractivity contribution is 5.33. The third kappa shape index (κ3) is 6.93. The van der Waals surface area contributed by atoms with Gasteiger partial charge in [-0.15, -0.1) is 0 Å². The van der Waals surface area contributed by atoms with Crippen LogP contribution in [0.2, 0.25) is 0 Å². The molecular weight excluding hydrogens is 432 g/mol. The van der Waals surface area contributed by atoms with Gasteiger partial charge in [-0.2, -0.15) is 5.48 Å². The number of hydroxylamine groups is 1. The topological polar surface area (TPSA) is 57.3 Å². The van der Waals surface area contributed by atoms with E-state index in [2.05, 4.69) is 82.1 Å². The van der Waals surface area contributed by atoms with Crippen LogP contribution in [0.1, 0.15) is 87.7 Å². The summed E-state index contributed by atoms with van der Waals surface area (Å²) in [6.07, 6.45) is 14.2. The summed E-state index contributed by atoms with van der Waals surface area (Å²) in [5.41, 5.74) is 6.21. The van der Waals surface area contributed by atoms with E-state index in [9.17, 15) is 0 Å². The van der Waals surface area contributed by atoms with E-state index in [-0.39, 0.29) is 12.0 Å². The maximum atomic E-state index is 6.36. The van der Waals surface area contributed by atoms with Crippen LogP contribution < -0.4 is 21.4 Å². The second-order valence-corrected chi connectivity index (χ2v) is 10.9. The van der Waals surface area contributed by atoms with Crippen molar-refractivity contribution in [3.05, 3.63) is 71.8 Å². The van der Waals surface area contributed by atoms with Gasteiger partial charge in [0.2, 0.25) is 0 Å². The zero-order valence-corrected chi connectivity index (χ0v) is 21.2. The fraction of sp³-hybridized carbons (Fsp3) is 0.600. The summed E-state index contributed by atoms with van der Waals surface area (Å²) in [6, 6.07) is 23.0. The minimum absolute atomic E-state index is 0.130. The molecule has 2 unspecified atom stereocenters. The lowest BCUT2D eigenvalue weighted by molar-refractivity contribution is -0.138. The summed E-state index contributed by atoms with van der Waals surface area (Å²) in [6.45, 7) is 1.73. The fourth-order valence-corrected chi connectivity index (χ4v) is 6.22. The van der Waals surface area contributed by atoms with Crippen LogP contribution in [0.5, 0.6) is 0 Å². The van der Waals surface area contributed by atoms with Gasteiger partial charge in [-0.3, -0.25) is 15.5 Å². The van der Waals surface area contributed by atoms with Gasteiger partial charge >= 0.3 is 0 Å². The predicted molar refractivity (Wildman–Crippen MR) is 143 cm³/mol. The van der Waals surface area contributed by atoms with E-state index in [0.717, 1.165) is 19.5 Å². The lowest BCUT2D eigenvalue weighted by Gasteiger charge is -2.46. The molecule has 2 atom stereocenters. The van der Waals surface area contributed by atoms with E-state index >= 15 is 0 Å². The minimum atomic E-state index is -0.459. The van der Waals surface area contributed by atoms with Gasteiger partial charge in [0.05, 0.1) is 0 Å². The third-order valence-electron chi connectivity index (χ3n) is 8.24. The van der Waals surface area contributed by atoms with Crippen molar-refractivity contribution in [1.82, 2.24) is 21.4 Å². The molecule has 5 nitrogen and oxygen atoms in total. The molecule has 2 saturated carbocycles. The van der Waals surface area contributed by atoms with Crippen molar-refractivity contribution < 1.29 is 4.84 Å². The van der Waals surface area contributed by atoms with Gasteiger partial charge in [0.15, 0.2) is 0 Å². The van der Waals surface area contributed by atoms with Crippen LogP contribution in [0.15, 0.2) is 60.7 Å². The molecule has 3 fully saturated rings. The van der Waals surface area contributed by atoms with Gasteiger partial charge in [0.25, 0.3) is 0 Å². The molecule has 0 radical (unpaired) electrons. The average molecular weight is 477 g/mol. The van der Waals surface area contributed by atoms with E-state index in [1.165, 1.54) is 75.3 Å². The van der Waals surface area contributed by atoms with Crippen LogP contribution >= 0.6 is 0 Å². The van der Waals surface area contributed by atoms with Crippen LogP contribution in [0.25, 0.3) is 0 Å². The molecule has 4 N–H and O–H groups in total. The largest absolute Gasteiger partial charge is 0.311 e. The highest BCUT2D eigenvalue weighted by Gasteiger charge is 2.40. The summed E-state index contributed by atoms with van der Waals surface area (Å²) < 4.78 is 0. The van der Waals surface area contributed by atoms with Gasteiger partial charge in [0.1, 0.15) is 11.9 Å². The smallest absolute Gasteiger partial charge is 0.147 e. The molecule has 1 aliphatic heterocycles. The maximum Gasteiger partial charge on any atom is 0.147 e. The lowest BCUT2D eigenvalue weighted by atomic mass is 9.85. The number of nitrogens with one attached hydrogen (secondary N) is 4. The monoisotopic (exact) mass is 476 g/mol. The summed E-state index contributed by atoms with van der Waals surface area (Å²) in [4.78, 5) is 6.36. The molecule has 2 aromatic rings. The summed E-state index contributed by atoms with van der Waals surface area (Å²) in [5.74, 6) is -0.200. The molecule has 2 aromatic carbocycles. The standard InChI is InChI=1S/C30H44N4O/c1-5-13-24(14-6-1)29(25-15-7-2-8-16-25)21-30(33-27-19-11-4-12-20-27)32-23-28(35-34-30)22-31-26-17-9-3-10-18-26/h1-2,5-8,13-16,26-29,31-34H,3-4,9-12,17-23H2. The highest BCUT2D eigenvalue weighted by Crippen LogP contribution is 2.33. The van der Waals surface area contributed by atoms with Crippen LogP contribution in [0.4, 0.5) is 0 Å². The quantitative estimate of drug-likeness (QED) is 0.401. The first-order valence-electron chi connectivity index (χ1n) is 14.1. The van der Waals surface area contributed by atoms with E-state index in [4.69, 9.17) is 4.84 Å². The number of rotatable bonds is 9. The van der Waals surface area contributed by atoms with E-state index in [0.29, 0.717) is 12.1 Å². The van der Waals surface area contributed by atoms with Crippen LogP contribution in [-0.4, -0.2) is 37.1 Å². The molecule has 0 bridgehead atoms. The molecule has 0 amide bonds. The SMILES string of the molecule is c1ccc(C(CC2(NC3CCCCC3)NCC(CNC3CCCCC3)ON2)c2ccccc2)cc1. The first-order chi connectivity index (χ1) is 17.3. The molecule has 0 spiro atoms. The Bertz CT molecular complexity index is 817. The molecule has 1 saturated heterocycles. The van der Waals surface area contributed by atoms with Crippen molar-refractivity contribution in [3.8, 4) is 0 Å². The second kappa shape index (κ2) is 12.5. The Morgan fingerprint density at radius 3 is 1.89 bits per heavy atom. The van der Waals surface area contributed by atoms with Gasteiger partial charge in [-0.1, -0.05) is 99.2 Å². The van der Waals surface area contributed by atoms with Crippen molar-refractivity contribution >= 4 is 0 Å². The molecule has 35 heavy (non-hydrogen) atoms. The third-order valence-corrected chi connectivity index (χ3v) is 8.24. The van der Waals surface area contributed by atoms with Gasteiger partial charge < -0.3 is 5.32 Å². The number of hydrogen-bond donors (Lipinski definition) is 4. The van der Waals surface area contributed by atoms with Gasteiger partial charge in [0, 0.05) is 37.5 Å². The van der Waals surface area contributed by atoms with Crippen molar-refractivity contribution in [2.24, 2.45) is 0 Å². The Kier molecular flexibility index (Phi) is 8.87. The molecule has 190 valence electrons. The van der Waals surface area contributed by atoms with Crippen LogP contribution in [0.3, 0.4) is 0 Å². The molecule has 5 heteroatoms. The fourth-order valence-electron chi connectivity index (χ4n) is 6.22. The van der Waals surface area contributed by atoms with E-state index < -0.39 is 5.79 Å². The Hall–Kier alpha value is -1.76. The molecule has 3 aliphatic rings. The van der Waals surface area contributed by atoms with Crippen LogP contribution in [-0.2, 0) is 4.84 Å². The van der Waals surface area contributed by atoms with Gasteiger partial charge in [-0.25, -0.2) is 0 Å². The van der Waals surface area contributed by atoms with Crippen molar-refractivity contribution in [2.75, 3.05) is 13.1 Å². The van der Waals surface area contributed by atoms with E-state index in [1.807, 2.05) is 0 Å².